The largest absolute Gasteiger partial charge is 0.489 e. The van der Waals surface area contributed by atoms with Crippen molar-refractivity contribution in [2.24, 2.45) is 0 Å². The Balaban J connectivity index is 1.23. The van der Waals surface area contributed by atoms with Crippen LogP contribution >= 0.6 is 0 Å². The number of carboxylic acids is 1. The molecule has 1 aliphatic carbocycles. The molecule has 0 aliphatic heterocycles. The molecule has 1 fully saturated rings. The molecule has 1 heterocycles. The van der Waals surface area contributed by atoms with Crippen molar-refractivity contribution in [3.63, 3.8) is 0 Å². The minimum atomic E-state index is -0.956. The Morgan fingerprint density at radius 2 is 1.62 bits per heavy atom. The molecule has 0 spiro atoms. The third kappa shape index (κ3) is 5.54. The Bertz CT molecular complexity index is 1640. The monoisotopic (exact) mass is 536 g/mol. The van der Waals surface area contributed by atoms with Crippen LogP contribution in [0.2, 0.25) is 0 Å². The Morgan fingerprint density at radius 3 is 2.38 bits per heavy atom. The van der Waals surface area contributed by atoms with E-state index in [2.05, 4.69) is 4.57 Å². The number of ether oxygens (including phenoxy) is 2. The molecule has 7 heteroatoms. The first-order chi connectivity index (χ1) is 19.5. The minimum absolute atomic E-state index is 0.236. The summed E-state index contributed by atoms with van der Waals surface area (Å²) >= 11 is 0. The number of halogens is 1. The maximum atomic E-state index is 13.1. The number of benzene rings is 4. The summed E-state index contributed by atoms with van der Waals surface area (Å²) in [5.41, 5.74) is 3.71. The number of aromatic carboxylic acids is 1. The summed E-state index contributed by atoms with van der Waals surface area (Å²) in [5, 5.41) is 9.48. The molecule has 5 aromatic rings. The molecule has 0 atom stereocenters. The zero-order chi connectivity index (χ0) is 27.5. The van der Waals surface area contributed by atoms with E-state index in [1.165, 1.54) is 31.4 Å². The van der Waals surface area contributed by atoms with Crippen molar-refractivity contribution in [3.05, 3.63) is 108 Å². The number of carbonyl (C=O) groups is 1. The Morgan fingerprint density at radius 1 is 0.875 bits per heavy atom. The lowest BCUT2D eigenvalue weighted by Crippen LogP contribution is -2.14. The number of aromatic nitrogens is 2. The lowest BCUT2D eigenvalue weighted by molar-refractivity contribution is 0.0697. The predicted octanol–water partition coefficient (Wildman–Crippen LogP) is 8.42. The van der Waals surface area contributed by atoms with Gasteiger partial charge in [-0.05, 0) is 85.1 Å². The van der Waals surface area contributed by atoms with Crippen molar-refractivity contribution in [3.8, 4) is 28.6 Å². The molecule has 202 valence electrons. The number of rotatable bonds is 8. The zero-order valence-electron chi connectivity index (χ0n) is 21.9. The van der Waals surface area contributed by atoms with Gasteiger partial charge in [-0.1, -0.05) is 37.5 Å². The van der Waals surface area contributed by atoms with Crippen LogP contribution in [0.3, 0.4) is 0 Å². The fourth-order valence-corrected chi connectivity index (χ4v) is 5.33. The van der Waals surface area contributed by atoms with E-state index in [1.54, 1.807) is 24.3 Å². The summed E-state index contributed by atoms with van der Waals surface area (Å²) in [6.45, 7) is 0.328. The molecule has 0 radical (unpaired) electrons. The molecule has 1 saturated carbocycles. The van der Waals surface area contributed by atoms with Gasteiger partial charge in [0.05, 0.1) is 16.6 Å². The molecule has 4 aromatic carbocycles. The molecular formula is C33H29FN2O4. The molecule has 0 saturated heterocycles. The molecule has 1 aromatic heterocycles. The summed E-state index contributed by atoms with van der Waals surface area (Å²) in [7, 11) is 0. The summed E-state index contributed by atoms with van der Waals surface area (Å²) in [5.74, 6) is 1.58. The quantitative estimate of drug-likeness (QED) is 0.215. The van der Waals surface area contributed by atoms with Crippen LogP contribution in [-0.4, -0.2) is 20.6 Å². The topological polar surface area (TPSA) is 73.6 Å². The second-order valence-electron chi connectivity index (χ2n) is 10.1. The van der Waals surface area contributed by atoms with E-state index >= 15 is 0 Å². The van der Waals surface area contributed by atoms with E-state index in [1.807, 2.05) is 54.6 Å². The van der Waals surface area contributed by atoms with Crippen molar-refractivity contribution in [1.29, 1.82) is 0 Å². The van der Waals surface area contributed by atoms with Crippen LogP contribution in [-0.2, 0) is 6.61 Å². The van der Waals surface area contributed by atoms with Crippen LogP contribution in [0.1, 0.15) is 54.1 Å². The Labute approximate surface area is 231 Å². The van der Waals surface area contributed by atoms with Crippen LogP contribution < -0.4 is 9.47 Å². The first kappa shape index (κ1) is 25.6. The molecule has 1 aliphatic rings. The second kappa shape index (κ2) is 11.2. The van der Waals surface area contributed by atoms with Crippen molar-refractivity contribution in [2.75, 3.05) is 0 Å². The highest BCUT2D eigenvalue weighted by Crippen LogP contribution is 2.37. The molecule has 40 heavy (non-hydrogen) atoms. The number of hydrogen-bond donors (Lipinski definition) is 1. The average molecular weight is 537 g/mol. The van der Waals surface area contributed by atoms with Crippen molar-refractivity contribution in [1.82, 2.24) is 9.55 Å². The molecule has 0 amide bonds. The van der Waals surface area contributed by atoms with Gasteiger partial charge in [-0.15, -0.1) is 0 Å². The second-order valence-corrected chi connectivity index (χ2v) is 10.1. The molecule has 0 bridgehead atoms. The van der Waals surface area contributed by atoms with Gasteiger partial charge in [0.25, 0.3) is 0 Å². The maximum absolute atomic E-state index is 13.1. The maximum Gasteiger partial charge on any atom is 0.335 e. The van der Waals surface area contributed by atoms with E-state index in [-0.39, 0.29) is 11.4 Å². The number of hydrogen-bond acceptors (Lipinski definition) is 4. The van der Waals surface area contributed by atoms with Crippen LogP contribution in [0, 0.1) is 5.82 Å². The van der Waals surface area contributed by atoms with Gasteiger partial charge < -0.3 is 19.1 Å². The van der Waals surface area contributed by atoms with Gasteiger partial charge in [0.2, 0.25) is 0 Å². The van der Waals surface area contributed by atoms with E-state index in [4.69, 9.17) is 14.5 Å². The summed E-state index contributed by atoms with van der Waals surface area (Å²) < 4.78 is 27.4. The van der Waals surface area contributed by atoms with Gasteiger partial charge >= 0.3 is 5.97 Å². The summed E-state index contributed by atoms with van der Waals surface area (Å²) in [4.78, 5) is 16.5. The third-order valence-electron chi connectivity index (χ3n) is 7.35. The first-order valence-corrected chi connectivity index (χ1v) is 13.5. The third-order valence-corrected chi connectivity index (χ3v) is 7.35. The molecular weight excluding hydrogens is 507 g/mol. The Kier molecular flexibility index (Phi) is 7.19. The number of imidazole rings is 1. The highest BCUT2D eigenvalue weighted by Gasteiger charge is 2.23. The van der Waals surface area contributed by atoms with Crippen molar-refractivity contribution < 1.29 is 23.8 Å². The number of fused-ring (bicyclic) bond motifs is 1. The SMILES string of the molecule is O=C(O)c1ccc2c(c1)nc(-c1ccc(Oc3cccc(OCc4ccc(F)cc4)c3)cc1)n2C1CCCCC1. The van der Waals surface area contributed by atoms with Crippen molar-refractivity contribution in [2.45, 2.75) is 44.8 Å². The van der Waals surface area contributed by atoms with Crippen LogP contribution in [0.5, 0.6) is 17.2 Å². The van der Waals surface area contributed by atoms with Gasteiger partial charge in [0.1, 0.15) is 35.5 Å². The van der Waals surface area contributed by atoms with Gasteiger partial charge in [0.15, 0.2) is 0 Å². The minimum Gasteiger partial charge on any atom is -0.489 e. The average Bonchev–Trinajstić information content (AvgIpc) is 3.37. The van der Waals surface area contributed by atoms with E-state index < -0.39 is 5.97 Å². The molecule has 6 rings (SSSR count). The molecule has 0 unspecified atom stereocenters. The highest BCUT2D eigenvalue weighted by atomic mass is 19.1. The van der Waals surface area contributed by atoms with Gasteiger partial charge in [-0.25, -0.2) is 14.2 Å². The smallest absolute Gasteiger partial charge is 0.335 e. The van der Waals surface area contributed by atoms with Crippen molar-refractivity contribution >= 4 is 17.0 Å². The molecule has 1 N–H and O–H groups in total. The number of carboxylic acid groups (broad SMARTS) is 1. The first-order valence-electron chi connectivity index (χ1n) is 13.5. The van der Waals surface area contributed by atoms with Crippen LogP contribution in [0.25, 0.3) is 22.4 Å². The predicted molar refractivity (Wildman–Crippen MR) is 151 cm³/mol. The highest BCUT2D eigenvalue weighted by molar-refractivity contribution is 5.93. The zero-order valence-corrected chi connectivity index (χ0v) is 21.9. The standard InChI is InChI=1S/C33H29FN2O4/c34-25-14-9-22(10-15-25)21-39-28-7-4-8-29(20-28)40-27-16-11-23(12-17-27)32-35-30-19-24(33(37)38)13-18-31(30)36(32)26-5-2-1-3-6-26/h4,7-20,26H,1-3,5-6,21H2,(H,37,38). The van der Waals surface area contributed by atoms with Crippen LogP contribution in [0.4, 0.5) is 4.39 Å². The lowest BCUT2D eigenvalue weighted by Gasteiger charge is -2.25. The normalized spacial score (nSPS) is 13.8. The molecule has 6 nitrogen and oxygen atoms in total. The van der Waals surface area contributed by atoms with E-state index in [0.29, 0.717) is 35.4 Å². The van der Waals surface area contributed by atoms with E-state index in [9.17, 15) is 14.3 Å². The van der Waals surface area contributed by atoms with E-state index in [0.717, 1.165) is 35.3 Å². The summed E-state index contributed by atoms with van der Waals surface area (Å²) in [6.07, 6.45) is 5.76. The Hall–Kier alpha value is -4.65. The van der Waals surface area contributed by atoms with Crippen LogP contribution in [0.15, 0.2) is 91.0 Å². The fraction of sp³-hybridized carbons (Fsp3) is 0.212. The van der Waals surface area contributed by atoms with Gasteiger partial charge in [0, 0.05) is 17.7 Å². The lowest BCUT2D eigenvalue weighted by atomic mass is 9.95. The summed E-state index contributed by atoms with van der Waals surface area (Å²) in [6, 6.07) is 27.0. The van der Waals surface area contributed by atoms with Gasteiger partial charge in [-0.3, -0.25) is 0 Å². The van der Waals surface area contributed by atoms with Gasteiger partial charge in [-0.2, -0.15) is 0 Å². The number of nitrogens with zero attached hydrogens (tertiary/aromatic N) is 2. The fourth-order valence-electron chi connectivity index (χ4n) is 5.33.